The van der Waals surface area contributed by atoms with E-state index in [1.165, 1.54) is 0 Å². The molecule has 22 heavy (non-hydrogen) atoms. The van der Waals surface area contributed by atoms with Crippen LogP contribution in [0.1, 0.15) is 0 Å². The van der Waals surface area contributed by atoms with Crippen molar-refractivity contribution in [3.05, 3.63) is 58.6 Å². The average molecular weight is 329 g/mol. The molecule has 0 radical (unpaired) electrons. The van der Waals surface area contributed by atoms with E-state index < -0.39 is 0 Å². The molecule has 0 amide bonds. The first-order valence-corrected chi connectivity index (χ1v) is 7.42. The molecule has 0 bridgehead atoms. The van der Waals surface area contributed by atoms with Crippen molar-refractivity contribution in [1.29, 1.82) is 0 Å². The number of nitrogen functional groups attached to an aromatic ring is 1. The number of nitrogens with zero attached hydrogens (tertiary/aromatic N) is 1. The van der Waals surface area contributed by atoms with Crippen molar-refractivity contribution in [1.82, 2.24) is 4.98 Å². The number of oxazole rings is 1. The molecule has 108 valence electrons. The first-order chi connectivity index (χ1) is 10.6. The lowest BCUT2D eigenvalue weighted by atomic mass is 10.1. The highest BCUT2D eigenvalue weighted by Gasteiger charge is 2.15. The summed E-state index contributed by atoms with van der Waals surface area (Å²) < 4.78 is 5.78. The molecule has 3 aromatic carbocycles. The number of halogens is 2. The van der Waals surface area contributed by atoms with Crippen molar-refractivity contribution >= 4 is 50.8 Å². The lowest BCUT2D eigenvalue weighted by molar-refractivity contribution is 0.620. The monoisotopic (exact) mass is 328 g/mol. The number of aromatic nitrogens is 1. The summed E-state index contributed by atoms with van der Waals surface area (Å²) in [5, 5.41) is 2.95. The van der Waals surface area contributed by atoms with Crippen LogP contribution in [0.2, 0.25) is 10.0 Å². The van der Waals surface area contributed by atoms with Gasteiger partial charge in [-0.3, -0.25) is 0 Å². The molecular weight excluding hydrogens is 319 g/mol. The number of hydrogen-bond acceptors (Lipinski definition) is 3. The number of rotatable bonds is 1. The van der Waals surface area contributed by atoms with Crippen LogP contribution in [0.15, 0.2) is 52.9 Å². The molecule has 5 heteroatoms. The molecule has 1 heterocycles. The lowest BCUT2D eigenvalue weighted by Gasteiger charge is -1.99. The Morgan fingerprint density at radius 1 is 0.955 bits per heavy atom. The third-order valence-electron chi connectivity index (χ3n) is 3.61. The van der Waals surface area contributed by atoms with Crippen molar-refractivity contribution in [3.8, 4) is 11.5 Å². The lowest BCUT2D eigenvalue weighted by Crippen LogP contribution is -1.88. The molecule has 4 aromatic rings. The maximum atomic E-state index is 6.20. The number of anilines is 1. The smallest absolute Gasteiger partial charge is 0.227 e. The Bertz CT molecular complexity index is 1020. The predicted molar refractivity (Wildman–Crippen MR) is 91.4 cm³/mol. The van der Waals surface area contributed by atoms with Crippen LogP contribution >= 0.6 is 23.2 Å². The van der Waals surface area contributed by atoms with Crippen LogP contribution in [0.5, 0.6) is 0 Å². The van der Waals surface area contributed by atoms with Gasteiger partial charge in [0.25, 0.3) is 0 Å². The van der Waals surface area contributed by atoms with Crippen LogP contribution in [0.3, 0.4) is 0 Å². The van der Waals surface area contributed by atoms with Gasteiger partial charge in [-0.25, -0.2) is 4.98 Å². The van der Waals surface area contributed by atoms with E-state index in [-0.39, 0.29) is 0 Å². The molecule has 0 aliphatic heterocycles. The van der Waals surface area contributed by atoms with Gasteiger partial charge in [-0.1, -0.05) is 53.5 Å². The summed E-state index contributed by atoms with van der Waals surface area (Å²) in [5.41, 5.74) is 8.06. The van der Waals surface area contributed by atoms with Gasteiger partial charge in [0.1, 0.15) is 5.52 Å². The van der Waals surface area contributed by atoms with E-state index in [4.69, 9.17) is 33.4 Å². The third kappa shape index (κ3) is 2.02. The van der Waals surface area contributed by atoms with Crippen molar-refractivity contribution in [3.63, 3.8) is 0 Å². The second kappa shape index (κ2) is 4.90. The fourth-order valence-corrected chi connectivity index (χ4v) is 2.94. The summed E-state index contributed by atoms with van der Waals surface area (Å²) in [6, 6.07) is 15.8. The van der Waals surface area contributed by atoms with Gasteiger partial charge in [-0.05, 0) is 22.9 Å². The molecule has 1 aromatic heterocycles. The minimum absolute atomic E-state index is 0.314. The molecule has 0 saturated carbocycles. The summed E-state index contributed by atoms with van der Waals surface area (Å²) in [7, 11) is 0. The molecule has 4 rings (SSSR count). The normalized spacial score (nSPS) is 11.4. The topological polar surface area (TPSA) is 52.0 Å². The molecule has 0 fully saturated rings. The van der Waals surface area contributed by atoms with Gasteiger partial charge in [0.15, 0.2) is 5.58 Å². The molecule has 0 unspecified atom stereocenters. The molecule has 2 N–H and O–H groups in total. The molecular formula is C17H10Cl2N2O. The van der Waals surface area contributed by atoms with Crippen molar-refractivity contribution in [2.75, 3.05) is 5.73 Å². The average Bonchev–Trinajstić information content (AvgIpc) is 2.96. The molecule has 0 atom stereocenters. The predicted octanol–water partition coefficient (Wildman–Crippen LogP) is 5.54. The van der Waals surface area contributed by atoms with Gasteiger partial charge in [0, 0.05) is 11.6 Å². The van der Waals surface area contributed by atoms with E-state index in [0.29, 0.717) is 32.7 Å². The van der Waals surface area contributed by atoms with Crippen LogP contribution in [-0.2, 0) is 0 Å². The minimum atomic E-state index is 0.314. The van der Waals surface area contributed by atoms with Crippen LogP contribution in [0.4, 0.5) is 5.69 Å². The SMILES string of the molecule is Nc1c(Cl)cc2oc(-c3ccc4ccccc4c3)nc2c1Cl. The first kappa shape index (κ1) is 13.4. The number of hydrogen-bond donors (Lipinski definition) is 1. The highest BCUT2D eigenvalue weighted by Crippen LogP contribution is 2.37. The van der Waals surface area contributed by atoms with Crippen molar-refractivity contribution in [2.24, 2.45) is 0 Å². The maximum absolute atomic E-state index is 6.20. The summed E-state index contributed by atoms with van der Waals surface area (Å²) >= 11 is 12.2. The van der Waals surface area contributed by atoms with Gasteiger partial charge in [0.05, 0.1) is 15.7 Å². The van der Waals surface area contributed by atoms with E-state index >= 15 is 0 Å². The largest absolute Gasteiger partial charge is 0.436 e. The summed E-state index contributed by atoms with van der Waals surface area (Å²) in [4.78, 5) is 4.45. The molecule has 0 spiro atoms. The highest BCUT2D eigenvalue weighted by molar-refractivity contribution is 6.42. The van der Waals surface area contributed by atoms with Crippen LogP contribution < -0.4 is 5.73 Å². The molecule has 0 saturated heterocycles. The third-order valence-corrected chi connectivity index (χ3v) is 4.30. The second-order valence-electron chi connectivity index (χ2n) is 5.01. The fraction of sp³-hybridized carbons (Fsp3) is 0. The zero-order chi connectivity index (χ0) is 15.3. The quantitative estimate of drug-likeness (QED) is 0.467. The zero-order valence-corrected chi connectivity index (χ0v) is 12.8. The van der Waals surface area contributed by atoms with Gasteiger partial charge in [-0.15, -0.1) is 0 Å². The Morgan fingerprint density at radius 3 is 2.55 bits per heavy atom. The highest BCUT2D eigenvalue weighted by atomic mass is 35.5. The second-order valence-corrected chi connectivity index (χ2v) is 5.80. The molecule has 0 aliphatic carbocycles. The number of benzene rings is 3. The van der Waals surface area contributed by atoms with Gasteiger partial charge < -0.3 is 10.2 Å². The standard InChI is InChI=1S/C17H10Cl2N2O/c18-12-8-13-16(14(19)15(12)20)21-17(22-13)11-6-5-9-3-1-2-4-10(9)7-11/h1-8H,20H2. The van der Waals surface area contributed by atoms with Gasteiger partial charge >= 0.3 is 0 Å². The van der Waals surface area contributed by atoms with Crippen LogP contribution in [0.25, 0.3) is 33.3 Å². The van der Waals surface area contributed by atoms with Crippen molar-refractivity contribution < 1.29 is 4.42 Å². The van der Waals surface area contributed by atoms with Gasteiger partial charge in [0.2, 0.25) is 5.89 Å². The minimum Gasteiger partial charge on any atom is -0.436 e. The maximum Gasteiger partial charge on any atom is 0.227 e. The van der Waals surface area contributed by atoms with Gasteiger partial charge in [-0.2, -0.15) is 0 Å². The first-order valence-electron chi connectivity index (χ1n) is 6.66. The van der Waals surface area contributed by atoms with Crippen LogP contribution in [-0.4, -0.2) is 4.98 Å². The Balaban J connectivity index is 1.94. The van der Waals surface area contributed by atoms with E-state index in [2.05, 4.69) is 11.1 Å². The number of nitrogens with two attached hydrogens (primary N) is 1. The Morgan fingerprint density at radius 2 is 1.73 bits per heavy atom. The van der Waals surface area contributed by atoms with E-state index in [1.54, 1.807) is 6.07 Å². The summed E-state index contributed by atoms with van der Waals surface area (Å²) in [6.07, 6.45) is 0. The van der Waals surface area contributed by atoms with Crippen LogP contribution in [0, 0.1) is 0 Å². The zero-order valence-electron chi connectivity index (χ0n) is 11.3. The number of fused-ring (bicyclic) bond motifs is 2. The van der Waals surface area contributed by atoms with E-state index in [9.17, 15) is 0 Å². The fourth-order valence-electron chi connectivity index (χ4n) is 2.46. The Labute approximate surface area is 136 Å². The van der Waals surface area contributed by atoms with Crippen molar-refractivity contribution in [2.45, 2.75) is 0 Å². The summed E-state index contributed by atoms with van der Waals surface area (Å²) in [6.45, 7) is 0. The van der Waals surface area contributed by atoms with E-state index in [1.807, 2.05) is 36.4 Å². The van der Waals surface area contributed by atoms with E-state index in [0.717, 1.165) is 16.3 Å². The molecule has 0 aliphatic rings. The summed E-state index contributed by atoms with van der Waals surface area (Å²) in [5.74, 6) is 0.490. The Hall–Kier alpha value is -2.23. The molecule has 3 nitrogen and oxygen atoms in total. The Kier molecular flexibility index (Phi) is 2.99.